The molecule has 0 atom stereocenters. The van der Waals surface area contributed by atoms with Gasteiger partial charge in [0.25, 0.3) is 0 Å². The predicted molar refractivity (Wildman–Crippen MR) is 89.8 cm³/mol. The topological polar surface area (TPSA) is 72.2 Å². The summed E-state index contributed by atoms with van der Waals surface area (Å²) < 4.78 is 5.11. The number of nitrogens with zero attached hydrogens (tertiary/aromatic N) is 3. The van der Waals surface area contributed by atoms with E-state index in [9.17, 15) is 5.11 Å². The predicted octanol–water partition coefficient (Wildman–Crippen LogP) is 3.09. The minimum absolute atomic E-state index is 0.115. The Hall–Kier alpha value is -3.02. The monoisotopic (exact) mass is 310 g/mol. The number of benzene rings is 2. The minimum Gasteiger partial charge on any atom is -0.506 e. The molecule has 1 heterocycles. The standard InChI is InChI=1S/C17H18N4O2/c1-2-23-11-5-10-18-13-8-9-16(17(22)12-13)21-19-14-6-3-4-7-15(14)20-21/h3-9,11-12,18,22H,2,10H2,1H3/b11-5+. The normalized spacial score (nSPS) is 11.2. The highest BCUT2D eigenvalue weighted by Gasteiger charge is 2.09. The Kier molecular flexibility index (Phi) is 4.42. The van der Waals surface area contributed by atoms with Crippen molar-refractivity contribution in [2.75, 3.05) is 18.5 Å². The van der Waals surface area contributed by atoms with Gasteiger partial charge in [-0.25, -0.2) is 0 Å². The van der Waals surface area contributed by atoms with Crippen LogP contribution in [0.1, 0.15) is 6.92 Å². The van der Waals surface area contributed by atoms with Crippen LogP contribution in [-0.4, -0.2) is 33.3 Å². The van der Waals surface area contributed by atoms with Crippen molar-refractivity contribution in [1.82, 2.24) is 15.0 Å². The van der Waals surface area contributed by atoms with Crippen molar-refractivity contribution in [3.63, 3.8) is 0 Å². The number of anilines is 1. The summed E-state index contributed by atoms with van der Waals surface area (Å²) in [5, 5.41) is 22.1. The van der Waals surface area contributed by atoms with E-state index in [-0.39, 0.29) is 5.75 Å². The first-order valence-corrected chi connectivity index (χ1v) is 7.44. The summed E-state index contributed by atoms with van der Waals surface area (Å²) in [6.45, 7) is 3.20. The van der Waals surface area contributed by atoms with E-state index in [4.69, 9.17) is 4.74 Å². The summed E-state index contributed by atoms with van der Waals surface area (Å²) in [4.78, 5) is 1.44. The Morgan fingerprint density at radius 3 is 2.57 bits per heavy atom. The molecule has 0 aliphatic heterocycles. The Bertz CT molecular complexity index is 793. The maximum Gasteiger partial charge on any atom is 0.145 e. The molecule has 3 aromatic rings. The van der Waals surface area contributed by atoms with Gasteiger partial charge < -0.3 is 15.2 Å². The van der Waals surface area contributed by atoms with Crippen LogP contribution in [0.25, 0.3) is 16.7 Å². The average Bonchev–Trinajstić information content (AvgIpc) is 2.98. The van der Waals surface area contributed by atoms with Crippen LogP contribution in [0.5, 0.6) is 5.75 Å². The third-order valence-electron chi connectivity index (χ3n) is 3.26. The van der Waals surface area contributed by atoms with E-state index in [1.165, 1.54) is 4.80 Å². The third kappa shape index (κ3) is 3.42. The molecule has 23 heavy (non-hydrogen) atoms. The van der Waals surface area contributed by atoms with Gasteiger partial charge in [-0.05, 0) is 37.3 Å². The van der Waals surface area contributed by atoms with E-state index in [1.54, 1.807) is 18.4 Å². The maximum atomic E-state index is 10.2. The molecule has 1 aromatic heterocycles. The molecule has 0 aliphatic carbocycles. The van der Waals surface area contributed by atoms with Gasteiger partial charge in [-0.1, -0.05) is 12.1 Å². The lowest BCUT2D eigenvalue weighted by molar-refractivity contribution is 0.268. The molecular weight excluding hydrogens is 292 g/mol. The second-order valence-corrected chi connectivity index (χ2v) is 4.89. The molecule has 2 N–H and O–H groups in total. The summed E-state index contributed by atoms with van der Waals surface area (Å²) in [7, 11) is 0. The number of fused-ring (bicyclic) bond motifs is 1. The molecule has 118 valence electrons. The highest BCUT2D eigenvalue weighted by atomic mass is 16.5. The number of nitrogens with one attached hydrogen (secondary N) is 1. The van der Waals surface area contributed by atoms with Gasteiger partial charge in [0.05, 0.1) is 12.9 Å². The van der Waals surface area contributed by atoms with Crippen LogP contribution in [0.2, 0.25) is 0 Å². The Balaban J connectivity index is 1.76. The molecule has 0 unspecified atom stereocenters. The van der Waals surface area contributed by atoms with Crippen LogP contribution in [0.3, 0.4) is 0 Å². The van der Waals surface area contributed by atoms with Crippen molar-refractivity contribution < 1.29 is 9.84 Å². The SMILES string of the molecule is CCO/C=C/CNc1ccc(-n2nc3ccccc3n2)c(O)c1. The summed E-state index contributed by atoms with van der Waals surface area (Å²) in [5.41, 5.74) is 2.92. The number of aromatic hydroxyl groups is 1. The lowest BCUT2D eigenvalue weighted by atomic mass is 10.2. The first-order valence-electron chi connectivity index (χ1n) is 7.44. The molecule has 0 aliphatic rings. The van der Waals surface area contributed by atoms with Gasteiger partial charge in [0.1, 0.15) is 22.5 Å². The molecule has 0 radical (unpaired) electrons. The lowest BCUT2D eigenvalue weighted by Crippen LogP contribution is -2.01. The summed E-state index contributed by atoms with van der Waals surface area (Å²) in [6.07, 6.45) is 3.52. The molecule has 2 aromatic carbocycles. The van der Waals surface area contributed by atoms with E-state index in [1.807, 2.05) is 43.3 Å². The molecule has 0 spiro atoms. The largest absolute Gasteiger partial charge is 0.506 e. The number of hydrogen-bond acceptors (Lipinski definition) is 5. The molecule has 6 heteroatoms. The lowest BCUT2D eigenvalue weighted by Gasteiger charge is -2.07. The fourth-order valence-corrected chi connectivity index (χ4v) is 2.16. The van der Waals surface area contributed by atoms with Crippen molar-refractivity contribution in [3.8, 4) is 11.4 Å². The van der Waals surface area contributed by atoms with Crippen LogP contribution >= 0.6 is 0 Å². The maximum absolute atomic E-state index is 10.2. The number of phenolic OH excluding ortho intramolecular Hbond substituents is 1. The minimum atomic E-state index is 0.115. The summed E-state index contributed by atoms with van der Waals surface area (Å²) in [5.74, 6) is 0.115. The number of aromatic nitrogens is 3. The summed E-state index contributed by atoms with van der Waals surface area (Å²) >= 11 is 0. The third-order valence-corrected chi connectivity index (χ3v) is 3.26. The highest BCUT2D eigenvalue weighted by Crippen LogP contribution is 2.25. The van der Waals surface area contributed by atoms with E-state index in [0.29, 0.717) is 18.8 Å². The second-order valence-electron chi connectivity index (χ2n) is 4.89. The first-order chi connectivity index (χ1) is 11.3. The zero-order valence-corrected chi connectivity index (χ0v) is 12.8. The number of rotatable bonds is 6. The second kappa shape index (κ2) is 6.83. The molecule has 0 saturated heterocycles. The first kappa shape index (κ1) is 14.9. The number of ether oxygens (including phenoxy) is 1. The van der Waals surface area contributed by atoms with E-state index in [0.717, 1.165) is 16.7 Å². The Morgan fingerprint density at radius 2 is 1.91 bits per heavy atom. The van der Waals surface area contributed by atoms with Crippen LogP contribution in [0.15, 0.2) is 54.8 Å². The highest BCUT2D eigenvalue weighted by molar-refractivity contribution is 5.73. The molecule has 0 fully saturated rings. The van der Waals surface area contributed by atoms with Gasteiger partial charge in [-0.2, -0.15) is 0 Å². The van der Waals surface area contributed by atoms with Crippen molar-refractivity contribution in [2.24, 2.45) is 0 Å². The Morgan fingerprint density at radius 1 is 1.17 bits per heavy atom. The van der Waals surface area contributed by atoms with Crippen molar-refractivity contribution in [3.05, 3.63) is 54.8 Å². The number of hydrogen-bond donors (Lipinski definition) is 2. The molecule has 0 saturated carbocycles. The van der Waals surface area contributed by atoms with E-state index in [2.05, 4.69) is 15.5 Å². The van der Waals surface area contributed by atoms with Gasteiger partial charge in [0, 0.05) is 18.3 Å². The fraction of sp³-hybridized carbons (Fsp3) is 0.176. The average molecular weight is 310 g/mol. The zero-order chi connectivity index (χ0) is 16.1. The van der Waals surface area contributed by atoms with Gasteiger partial charge in [0.2, 0.25) is 0 Å². The van der Waals surface area contributed by atoms with Gasteiger partial charge in [-0.15, -0.1) is 15.0 Å². The van der Waals surface area contributed by atoms with Gasteiger partial charge >= 0.3 is 0 Å². The van der Waals surface area contributed by atoms with E-state index < -0.39 is 0 Å². The van der Waals surface area contributed by atoms with Gasteiger partial charge in [0.15, 0.2) is 0 Å². The molecule has 0 amide bonds. The Labute approximate surface area is 134 Å². The van der Waals surface area contributed by atoms with Crippen LogP contribution in [0.4, 0.5) is 5.69 Å². The van der Waals surface area contributed by atoms with Crippen LogP contribution < -0.4 is 5.32 Å². The molecular formula is C17H18N4O2. The van der Waals surface area contributed by atoms with Crippen molar-refractivity contribution in [2.45, 2.75) is 6.92 Å². The van der Waals surface area contributed by atoms with Crippen molar-refractivity contribution >= 4 is 16.7 Å². The fourth-order valence-electron chi connectivity index (χ4n) is 2.16. The number of phenols is 1. The molecule has 6 nitrogen and oxygen atoms in total. The zero-order valence-electron chi connectivity index (χ0n) is 12.8. The van der Waals surface area contributed by atoms with Crippen LogP contribution in [0, 0.1) is 0 Å². The van der Waals surface area contributed by atoms with Crippen LogP contribution in [-0.2, 0) is 4.74 Å². The van der Waals surface area contributed by atoms with Gasteiger partial charge in [-0.3, -0.25) is 0 Å². The van der Waals surface area contributed by atoms with E-state index >= 15 is 0 Å². The molecule has 3 rings (SSSR count). The summed E-state index contributed by atoms with van der Waals surface area (Å²) in [6, 6.07) is 12.9. The van der Waals surface area contributed by atoms with Crippen molar-refractivity contribution in [1.29, 1.82) is 0 Å². The quantitative estimate of drug-likeness (QED) is 0.685. The molecule has 0 bridgehead atoms. The smallest absolute Gasteiger partial charge is 0.145 e.